The Morgan fingerprint density at radius 1 is 1.23 bits per heavy atom. The number of anilines is 1. The molecule has 1 spiro atoms. The lowest BCUT2D eigenvalue weighted by atomic mass is 9.77. The fraction of sp³-hybridized carbons (Fsp3) is 0.409. The number of rotatable bonds is 3. The van der Waals surface area contributed by atoms with Crippen molar-refractivity contribution in [3.63, 3.8) is 0 Å². The fourth-order valence-electron chi connectivity index (χ4n) is 4.35. The molecule has 0 aliphatic carbocycles. The Morgan fingerprint density at radius 2 is 1.93 bits per heavy atom. The number of ether oxygens (including phenoxy) is 1. The molecule has 2 aliphatic rings. The highest BCUT2D eigenvalue weighted by molar-refractivity contribution is 5.74. The van der Waals surface area contributed by atoms with E-state index in [9.17, 15) is 18.7 Å². The molecule has 8 heteroatoms. The third kappa shape index (κ3) is 4.05. The number of methoxy groups -OCH3 is 1. The summed E-state index contributed by atoms with van der Waals surface area (Å²) in [5.41, 5.74) is 1.70. The summed E-state index contributed by atoms with van der Waals surface area (Å²) in [5, 5.41) is 16.8. The number of aliphatic hydroxyl groups excluding tert-OH is 1. The average Bonchev–Trinajstić information content (AvgIpc) is 2.73. The smallest absolute Gasteiger partial charge is 0.317 e. The zero-order valence-electron chi connectivity index (χ0n) is 16.8. The van der Waals surface area contributed by atoms with Crippen molar-refractivity contribution >= 4 is 11.7 Å². The molecule has 2 amide bonds. The minimum Gasteiger partial charge on any atom is -0.496 e. The van der Waals surface area contributed by atoms with Gasteiger partial charge in [-0.2, -0.15) is 0 Å². The number of carbonyl (C=O) groups excluding carboxylic acids is 1. The molecule has 1 fully saturated rings. The van der Waals surface area contributed by atoms with Gasteiger partial charge in [-0.05, 0) is 37.1 Å². The minimum atomic E-state index is -0.733. The van der Waals surface area contributed by atoms with Crippen LogP contribution in [0.2, 0.25) is 0 Å². The van der Waals surface area contributed by atoms with E-state index in [2.05, 4.69) is 10.6 Å². The monoisotopic (exact) mass is 417 g/mol. The molecule has 30 heavy (non-hydrogen) atoms. The Morgan fingerprint density at radius 3 is 2.67 bits per heavy atom. The van der Waals surface area contributed by atoms with Crippen LogP contribution in [0.1, 0.15) is 36.5 Å². The number of hydrogen-bond donors (Lipinski definition) is 3. The summed E-state index contributed by atoms with van der Waals surface area (Å²) in [6.45, 7) is 1.30. The van der Waals surface area contributed by atoms with Crippen molar-refractivity contribution in [2.24, 2.45) is 0 Å². The predicted octanol–water partition coefficient (Wildman–Crippen LogP) is 3.57. The Kier molecular flexibility index (Phi) is 5.51. The van der Waals surface area contributed by atoms with Gasteiger partial charge in [0.2, 0.25) is 0 Å². The van der Waals surface area contributed by atoms with Gasteiger partial charge in [0.1, 0.15) is 17.4 Å². The van der Waals surface area contributed by atoms with Crippen LogP contribution in [0, 0.1) is 11.6 Å². The van der Waals surface area contributed by atoms with E-state index in [0.717, 1.165) is 5.69 Å². The molecule has 2 aromatic carbocycles. The lowest BCUT2D eigenvalue weighted by molar-refractivity contribution is 0.0988. The van der Waals surface area contributed by atoms with Gasteiger partial charge in [0, 0.05) is 54.5 Å². The summed E-state index contributed by atoms with van der Waals surface area (Å²) in [7, 11) is 1.46. The number of benzene rings is 2. The van der Waals surface area contributed by atoms with Gasteiger partial charge >= 0.3 is 6.03 Å². The van der Waals surface area contributed by atoms with Crippen LogP contribution in [0.15, 0.2) is 36.4 Å². The second kappa shape index (κ2) is 8.10. The number of urea groups is 1. The maximum absolute atomic E-state index is 13.5. The van der Waals surface area contributed by atoms with E-state index in [1.165, 1.54) is 31.4 Å². The lowest BCUT2D eigenvalue weighted by Gasteiger charge is -2.47. The van der Waals surface area contributed by atoms with Crippen LogP contribution in [0.25, 0.3) is 0 Å². The molecule has 1 unspecified atom stereocenters. The van der Waals surface area contributed by atoms with Crippen LogP contribution < -0.4 is 15.4 Å². The fourth-order valence-corrected chi connectivity index (χ4v) is 4.35. The molecule has 1 saturated heterocycles. The summed E-state index contributed by atoms with van der Waals surface area (Å²) < 4.78 is 32.0. The topological polar surface area (TPSA) is 73.8 Å². The van der Waals surface area contributed by atoms with E-state index in [1.54, 1.807) is 17.0 Å². The molecule has 0 saturated carbocycles. The molecule has 2 aromatic rings. The summed E-state index contributed by atoms with van der Waals surface area (Å²) in [6, 6.07) is 8.41. The number of aliphatic hydroxyl groups is 1. The Bertz CT molecular complexity index is 945. The molecule has 6 nitrogen and oxygen atoms in total. The zero-order chi connectivity index (χ0) is 21.3. The highest BCUT2D eigenvalue weighted by Crippen LogP contribution is 2.42. The molecule has 2 heterocycles. The molecular weight excluding hydrogens is 392 g/mol. The molecule has 0 bridgehead atoms. The van der Waals surface area contributed by atoms with Crippen molar-refractivity contribution in [2.45, 2.75) is 37.5 Å². The van der Waals surface area contributed by atoms with Gasteiger partial charge in [-0.1, -0.05) is 6.07 Å². The van der Waals surface area contributed by atoms with Crippen molar-refractivity contribution in [2.75, 3.05) is 25.5 Å². The van der Waals surface area contributed by atoms with E-state index >= 15 is 0 Å². The highest BCUT2D eigenvalue weighted by Gasteiger charge is 2.41. The van der Waals surface area contributed by atoms with Gasteiger partial charge in [-0.25, -0.2) is 13.6 Å². The number of likely N-dealkylation sites (tertiary alicyclic amines) is 1. The molecule has 4 rings (SSSR count). The van der Waals surface area contributed by atoms with Crippen molar-refractivity contribution in [3.05, 3.63) is 59.2 Å². The summed E-state index contributed by atoms with van der Waals surface area (Å²) >= 11 is 0. The first-order chi connectivity index (χ1) is 14.4. The Labute approximate surface area is 173 Å². The minimum absolute atomic E-state index is 0.199. The van der Waals surface area contributed by atoms with E-state index in [0.29, 0.717) is 49.2 Å². The number of amides is 2. The lowest BCUT2D eigenvalue weighted by Crippen LogP contribution is -2.54. The number of fused-ring (bicyclic) bond motifs is 1. The molecule has 0 aromatic heterocycles. The third-order valence-corrected chi connectivity index (χ3v) is 6.04. The number of halogens is 2. The van der Waals surface area contributed by atoms with E-state index < -0.39 is 11.9 Å². The quantitative estimate of drug-likeness (QED) is 0.714. The number of carbonyl (C=O) groups is 1. The molecule has 1 atom stereocenters. The molecule has 160 valence electrons. The maximum Gasteiger partial charge on any atom is 0.317 e. The second-order valence-electron chi connectivity index (χ2n) is 7.96. The number of nitrogens with zero attached hydrogens (tertiary/aromatic N) is 1. The van der Waals surface area contributed by atoms with Crippen LogP contribution in [0.5, 0.6) is 5.75 Å². The van der Waals surface area contributed by atoms with Crippen molar-refractivity contribution in [1.82, 2.24) is 10.2 Å². The second-order valence-corrected chi connectivity index (χ2v) is 7.96. The van der Waals surface area contributed by atoms with E-state index in [1.807, 2.05) is 0 Å². The number of hydrogen-bond acceptors (Lipinski definition) is 4. The van der Waals surface area contributed by atoms with Crippen LogP contribution in [-0.2, 0) is 6.54 Å². The van der Waals surface area contributed by atoms with Gasteiger partial charge in [0.15, 0.2) is 0 Å². The van der Waals surface area contributed by atoms with Gasteiger partial charge in [-0.3, -0.25) is 0 Å². The first-order valence-corrected chi connectivity index (χ1v) is 10.00. The van der Waals surface area contributed by atoms with E-state index in [4.69, 9.17) is 4.74 Å². The van der Waals surface area contributed by atoms with E-state index in [-0.39, 0.29) is 23.9 Å². The van der Waals surface area contributed by atoms with Gasteiger partial charge < -0.3 is 25.4 Å². The van der Waals surface area contributed by atoms with Gasteiger partial charge in [0.25, 0.3) is 0 Å². The number of nitrogens with one attached hydrogen (secondary N) is 2. The molecular formula is C22H25F2N3O3. The first kappa shape index (κ1) is 20.4. The molecule has 2 aliphatic heterocycles. The summed E-state index contributed by atoms with van der Waals surface area (Å²) in [4.78, 5) is 14.3. The summed E-state index contributed by atoms with van der Waals surface area (Å²) in [5.74, 6) is -0.368. The Balaban J connectivity index is 1.35. The van der Waals surface area contributed by atoms with Crippen molar-refractivity contribution in [1.29, 1.82) is 0 Å². The summed E-state index contributed by atoms with van der Waals surface area (Å²) in [6.07, 6.45) is 1.09. The number of piperidine rings is 1. The normalized spacial score (nSPS) is 19.7. The zero-order valence-corrected chi connectivity index (χ0v) is 16.8. The SMILES string of the molecule is COc1cc(F)ccc1CNC(=O)N1CCC2(CC1)CC(O)c1cc(F)ccc1N2. The highest BCUT2D eigenvalue weighted by atomic mass is 19.1. The average molecular weight is 417 g/mol. The third-order valence-electron chi connectivity index (χ3n) is 6.04. The standard InChI is InChI=1S/C22H25F2N3O3/c1-30-20-11-16(24)3-2-14(20)13-25-21(29)27-8-6-22(7-9-27)12-19(28)17-10-15(23)4-5-18(17)26-22/h2-5,10-11,19,26,28H,6-9,12-13H2,1H3,(H,25,29). The molecule has 3 N–H and O–H groups in total. The van der Waals surface area contributed by atoms with Crippen LogP contribution in [0.4, 0.5) is 19.3 Å². The van der Waals surface area contributed by atoms with Crippen LogP contribution >= 0.6 is 0 Å². The van der Waals surface area contributed by atoms with Crippen molar-refractivity contribution < 1.29 is 23.4 Å². The first-order valence-electron chi connectivity index (χ1n) is 10.00. The predicted molar refractivity (Wildman–Crippen MR) is 108 cm³/mol. The van der Waals surface area contributed by atoms with Gasteiger partial charge in [0.05, 0.1) is 13.2 Å². The Hall–Kier alpha value is -2.87. The van der Waals surface area contributed by atoms with Crippen LogP contribution in [-0.4, -0.2) is 41.8 Å². The largest absolute Gasteiger partial charge is 0.496 e. The maximum atomic E-state index is 13.5. The van der Waals surface area contributed by atoms with Crippen LogP contribution in [0.3, 0.4) is 0 Å². The van der Waals surface area contributed by atoms with Gasteiger partial charge in [-0.15, -0.1) is 0 Å². The molecule has 0 radical (unpaired) electrons. The van der Waals surface area contributed by atoms with Crippen molar-refractivity contribution in [3.8, 4) is 5.75 Å².